The van der Waals surface area contributed by atoms with Crippen LogP contribution >= 0.6 is 23.2 Å². The molecule has 1 saturated heterocycles. The fraction of sp³-hybridized carbons (Fsp3) is 0.538. The van der Waals surface area contributed by atoms with Gasteiger partial charge in [-0.05, 0) is 25.5 Å². The van der Waals surface area contributed by atoms with Crippen molar-refractivity contribution in [3.05, 3.63) is 28.8 Å². The lowest BCUT2D eigenvalue weighted by molar-refractivity contribution is -0.0277. The van der Waals surface area contributed by atoms with Crippen LogP contribution in [0.15, 0.2) is 18.2 Å². The molecule has 0 spiro atoms. The minimum absolute atomic E-state index is 0.138. The summed E-state index contributed by atoms with van der Waals surface area (Å²) >= 11 is 12.3. The van der Waals surface area contributed by atoms with Crippen LogP contribution in [0.4, 0.5) is 5.69 Å². The molecule has 4 heteroatoms. The van der Waals surface area contributed by atoms with Gasteiger partial charge in [-0.2, -0.15) is 0 Å². The molecule has 0 saturated carbocycles. The summed E-state index contributed by atoms with van der Waals surface area (Å²) in [5, 5.41) is 0.765. The Morgan fingerprint density at radius 2 is 2.18 bits per heavy atom. The van der Waals surface area contributed by atoms with Gasteiger partial charge in [0.1, 0.15) is 0 Å². The first-order valence-corrected chi connectivity index (χ1v) is 6.67. The molecule has 0 aromatic heterocycles. The quantitative estimate of drug-likeness (QED) is 0.762. The number of ether oxygens (including phenoxy) is 1. The van der Waals surface area contributed by atoms with E-state index in [2.05, 4.69) is 18.7 Å². The minimum Gasteiger partial charge on any atom is -0.372 e. The number of nitrogens with zero attached hydrogens (tertiary/aromatic N) is 1. The van der Waals surface area contributed by atoms with Crippen molar-refractivity contribution in [3.8, 4) is 0 Å². The lowest BCUT2D eigenvalue weighted by Crippen LogP contribution is -2.48. The molecule has 1 fully saturated rings. The predicted molar refractivity (Wildman–Crippen MR) is 73.3 cm³/mol. The first-order chi connectivity index (χ1) is 8.03. The van der Waals surface area contributed by atoms with E-state index in [1.54, 1.807) is 0 Å². The van der Waals surface area contributed by atoms with Crippen molar-refractivity contribution >= 4 is 28.9 Å². The maximum absolute atomic E-state index is 6.29. The van der Waals surface area contributed by atoms with E-state index in [0.717, 1.165) is 36.0 Å². The normalized spacial score (nSPS) is 19.4. The molecule has 0 unspecified atom stereocenters. The Balaban J connectivity index is 2.33. The third-order valence-corrected chi connectivity index (χ3v) is 3.55. The molecule has 0 aliphatic carbocycles. The topological polar surface area (TPSA) is 12.5 Å². The Kier molecular flexibility index (Phi) is 3.86. The van der Waals surface area contributed by atoms with Crippen molar-refractivity contribution in [1.29, 1.82) is 0 Å². The van der Waals surface area contributed by atoms with Gasteiger partial charge in [-0.3, -0.25) is 0 Å². The highest BCUT2D eigenvalue weighted by Crippen LogP contribution is 2.33. The van der Waals surface area contributed by atoms with E-state index in [9.17, 15) is 0 Å². The van der Waals surface area contributed by atoms with E-state index < -0.39 is 0 Å². The highest BCUT2D eigenvalue weighted by Gasteiger charge is 2.29. The van der Waals surface area contributed by atoms with Crippen molar-refractivity contribution in [2.45, 2.75) is 25.3 Å². The van der Waals surface area contributed by atoms with Gasteiger partial charge in [0.2, 0.25) is 0 Å². The zero-order valence-electron chi connectivity index (χ0n) is 10.2. The Morgan fingerprint density at radius 1 is 1.41 bits per heavy atom. The predicted octanol–water partition coefficient (Wildman–Crippen LogP) is 3.69. The monoisotopic (exact) mass is 273 g/mol. The van der Waals surface area contributed by atoms with Crippen molar-refractivity contribution < 1.29 is 4.74 Å². The summed E-state index contributed by atoms with van der Waals surface area (Å²) in [5.74, 6) is 0.480. The number of benzene rings is 1. The van der Waals surface area contributed by atoms with E-state index in [0.29, 0.717) is 5.88 Å². The standard InChI is InChI=1S/C13H17Cl2NO/c1-13(2)9-16(6-7-17-13)12-10(8-14)4-3-5-11(12)15/h3-5H,6-9H2,1-2H3. The maximum atomic E-state index is 6.29. The fourth-order valence-electron chi connectivity index (χ4n) is 2.23. The average Bonchev–Trinajstić information content (AvgIpc) is 2.27. The van der Waals surface area contributed by atoms with Crippen LogP contribution in [0.1, 0.15) is 19.4 Å². The first kappa shape index (κ1) is 13.0. The summed E-state index contributed by atoms with van der Waals surface area (Å²) in [5.41, 5.74) is 2.00. The second-order valence-electron chi connectivity index (χ2n) is 4.91. The van der Waals surface area contributed by atoms with E-state index in [1.807, 2.05) is 18.2 Å². The zero-order valence-corrected chi connectivity index (χ0v) is 11.7. The molecule has 2 nitrogen and oxygen atoms in total. The van der Waals surface area contributed by atoms with Crippen LogP contribution < -0.4 is 4.90 Å². The molecule has 1 aromatic carbocycles. The second kappa shape index (κ2) is 5.05. The summed E-state index contributed by atoms with van der Waals surface area (Å²) in [6.07, 6.45) is 0. The van der Waals surface area contributed by atoms with Gasteiger partial charge in [0.25, 0.3) is 0 Å². The number of halogens is 2. The summed E-state index contributed by atoms with van der Waals surface area (Å²) in [6.45, 7) is 6.60. The smallest absolute Gasteiger partial charge is 0.0801 e. The van der Waals surface area contributed by atoms with Crippen molar-refractivity contribution in [2.24, 2.45) is 0 Å². The summed E-state index contributed by atoms with van der Waals surface area (Å²) in [6, 6.07) is 5.88. The van der Waals surface area contributed by atoms with Gasteiger partial charge in [0.05, 0.1) is 22.9 Å². The van der Waals surface area contributed by atoms with Gasteiger partial charge < -0.3 is 9.64 Å². The lowest BCUT2D eigenvalue weighted by atomic mass is 10.1. The van der Waals surface area contributed by atoms with Crippen molar-refractivity contribution in [3.63, 3.8) is 0 Å². The Bertz CT molecular complexity index is 406. The highest BCUT2D eigenvalue weighted by molar-refractivity contribution is 6.33. The van der Waals surface area contributed by atoms with Gasteiger partial charge >= 0.3 is 0 Å². The number of alkyl halides is 1. The number of hydrogen-bond acceptors (Lipinski definition) is 2. The Morgan fingerprint density at radius 3 is 2.82 bits per heavy atom. The van der Waals surface area contributed by atoms with Gasteiger partial charge in [-0.15, -0.1) is 11.6 Å². The second-order valence-corrected chi connectivity index (χ2v) is 5.59. The molecule has 0 atom stereocenters. The number of rotatable bonds is 2. The molecule has 1 aliphatic heterocycles. The van der Waals surface area contributed by atoms with Crippen LogP contribution in [0.2, 0.25) is 5.02 Å². The van der Waals surface area contributed by atoms with E-state index in [1.165, 1.54) is 0 Å². The molecule has 17 heavy (non-hydrogen) atoms. The van der Waals surface area contributed by atoms with Crippen LogP contribution in [0.3, 0.4) is 0 Å². The molecule has 1 heterocycles. The van der Waals surface area contributed by atoms with E-state index >= 15 is 0 Å². The van der Waals surface area contributed by atoms with Crippen LogP contribution in [-0.4, -0.2) is 25.3 Å². The molecule has 94 valence electrons. The first-order valence-electron chi connectivity index (χ1n) is 5.76. The molecule has 1 aliphatic rings. The molecule has 1 aromatic rings. The highest BCUT2D eigenvalue weighted by atomic mass is 35.5. The Hall–Kier alpha value is -0.440. The average molecular weight is 274 g/mol. The van der Waals surface area contributed by atoms with E-state index in [-0.39, 0.29) is 5.60 Å². The number of hydrogen-bond donors (Lipinski definition) is 0. The molecular formula is C13H17Cl2NO. The molecule has 0 bridgehead atoms. The maximum Gasteiger partial charge on any atom is 0.0801 e. The third-order valence-electron chi connectivity index (χ3n) is 2.96. The van der Waals surface area contributed by atoms with Crippen LogP contribution in [0.25, 0.3) is 0 Å². The lowest BCUT2D eigenvalue weighted by Gasteiger charge is -2.40. The van der Waals surface area contributed by atoms with Crippen LogP contribution in [0, 0.1) is 0 Å². The number of morpholine rings is 1. The Labute approximate surface area is 112 Å². The van der Waals surface area contributed by atoms with Gasteiger partial charge in [0.15, 0.2) is 0 Å². The summed E-state index contributed by atoms with van der Waals surface area (Å²) < 4.78 is 5.71. The largest absolute Gasteiger partial charge is 0.372 e. The van der Waals surface area contributed by atoms with Crippen molar-refractivity contribution in [2.75, 3.05) is 24.6 Å². The third kappa shape index (κ3) is 2.87. The van der Waals surface area contributed by atoms with E-state index in [4.69, 9.17) is 27.9 Å². The van der Waals surface area contributed by atoms with Gasteiger partial charge in [-0.1, -0.05) is 23.7 Å². The van der Waals surface area contributed by atoms with Crippen molar-refractivity contribution in [1.82, 2.24) is 0 Å². The van der Waals surface area contributed by atoms with Gasteiger partial charge in [-0.25, -0.2) is 0 Å². The molecule has 0 N–H and O–H groups in total. The molecule has 0 radical (unpaired) electrons. The zero-order chi connectivity index (χ0) is 12.5. The summed E-state index contributed by atoms with van der Waals surface area (Å²) in [7, 11) is 0. The fourth-order valence-corrected chi connectivity index (χ4v) is 2.76. The molecular weight excluding hydrogens is 257 g/mol. The molecule has 0 amide bonds. The van der Waals surface area contributed by atoms with Gasteiger partial charge in [0, 0.05) is 19.0 Å². The minimum atomic E-state index is -0.138. The SMILES string of the molecule is CC1(C)CN(c2c(Cl)cccc2CCl)CCO1. The number of anilines is 1. The van der Waals surface area contributed by atoms with Crippen LogP contribution in [0.5, 0.6) is 0 Å². The molecule has 2 rings (SSSR count). The van der Waals surface area contributed by atoms with Crippen LogP contribution in [-0.2, 0) is 10.6 Å². The number of para-hydroxylation sites is 1. The summed E-state index contributed by atoms with van der Waals surface area (Å²) in [4.78, 5) is 2.27.